The van der Waals surface area contributed by atoms with E-state index in [-0.39, 0.29) is 0 Å². The summed E-state index contributed by atoms with van der Waals surface area (Å²) in [6.07, 6.45) is 0.649. The molecule has 0 bridgehead atoms. The Morgan fingerprint density at radius 1 is 1.14 bits per heavy atom. The van der Waals surface area contributed by atoms with Gasteiger partial charge in [0.25, 0.3) is 0 Å². The van der Waals surface area contributed by atoms with Crippen LogP contribution in [0.4, 0.5) is 0 Å². The number of aryl methyl sites for hydroxylation is 2. The van der Waals surface area contributed by atoms with Crippen molar-refractivity contribution in [3.05, 3.63) is 52.7 Å². The summed E-state index contributed by atoms with van der Waals surface area (Å²) in [4.78, 5) is 4.25. The van der Waals surface area contributed by atoms with Crippen LogP contribution in [0.2, 0.25) is 5.15 Å². The third kappa shape index (κ3) is 2.69. The number of fused-ring (bicyclic) bond motifs is 1. The third-order valence-corrected chi connectivity index (χ3v) is 3.63. The van der Waals surface area contributed by atoms with E-state index in [1.807, 2.05) is 48.6 Å². The van der Waals surface area contributed by atoms with Gasteiger partial charge in [-0.1, -0.05) is 29.8 Å². The smallest absolute Gasteiger partial charge is 0.198 e. The molecule has 0 saturated heterocycles. The zero-order valence-corrected chi connectivity index (χ0v) is 12.6. The van der Waals surface area contributed by atoms with E-state index >= 15 is 0 Å². The molecule has 0 aliphatic heterocycles. The third-order valence-electron chi connectivity index (χ3n) is 3.38. The highest BCUT2D eigenvalue weighted by Gasteiger charge is 2.13. The monoisotopic (exact) mass is 302 g/mol. The molecule has 0 spiro atoms. The molecule has 0 N–H and O–H groups in total. The molecule has 0 amide bonds. The predicted octanol–water partition coefficient (Wildman–Crippen LogP) is 3.02. The van der Waals surface area contributed by atoms with E-state index in [4.69, 9.17) is 16.3 Å². The Hall–Kier alpha value is -2.14. The van der Waals surface area contributed by atoms with E-state index in [0.717, 1.165) is 23.0 Å². The Kier molecular flexibility index (Phi) is 3.75. The number of benzene rings is 1. The van der Waals surface area contributed by atoms with Gasteiger partial charge in [-0.2, -0.15) is 0 Å². The van der Waals surface area contributed by atoms with Crippen LogP contribution >= 0.6 is 11.6 Å². The predicted molar refractivity (Wildman–Crippen MR) is 80.9 cm³/mol. The average molecular weight is 303 g/mol. The SMILES string of the molecule is Cc1nc(Cl)c2nnc(CCOc3ccccc3)n2c1C. The molecule has 0 unspecified atom stereocenters. The first-order valence-corrected chi connectivity index (χ1v) is 7.09. The van der Waals surface area contributed by atoms with Gasteiger partial charge in [-0.3, -0.25) is 4.40 Å². The first-order chi connectivity index (χ1) is 10.2. The van der Waals surface area contributed by atoms with Crippen molar-refractivity contribution >= 4 is 17.2 Å². The average Bonchev–Trinajstić information content (AvgIpc) is 2.91. The summed E-state index contributed by atoms with van der Waals surface area (Å²) in [5, 5.41) is 8.68. The molecular formula is C15H15ClN4O. The Labute approximate surface area is 127 Å². The second-order valence-corrected chi connectivity index (χ2v) is 5.12. The summed E-state index contributed by atoms with van der Waals surface area (Å²) in [7, 11) is 0. The zero-order chi connectivity index (χ0) is 14.8. The fourth-order valence-electron chi connectivity index (χ4n) is 2.18. The molecule has 0 radical (unpaired) electrons. The van der Waals surface area contributed by atoms with Gasteiger partial charge in [0.15, 0.2) is 10.8 Å². The second-order valence-electron chi connectivity index (χ2n) is 4.76. The second kappa shape index (κ2) is 5.69. The highest BCUT2D eigenvalue weighted by Crippen LogP contribution is 2.18. The molecular weight excluding hydrogens is 288 g/mol. The maximum Gasteiger partial charge on any atom is 0.198 e. The van der Waals surface area contributed by atoms with Crippen LogP contribution in [0.3, 0.4) is 0 Å². The summed E-state index contributed by atoms with van der Waals surface area (Å²) in [6.45, 7) is 4.44. The number of rotatable bonds is 4. The van der Waals surface area contributed by atoms with Crippen molar-refractivity contribution in [3.63, 3.8) is 0 Å². The quantitative estimate of drug-likeness (QED) is 0.743. The summed E-state index contributed by atoms with van der Waals surface area (Å²) < 4.78 is 7.64. The van der Waals surface area contributed by atoms with Gasteiger partial charge in [0.05, 0.1) is 12.3 Å². The van der Waals surface area contributed by atoms with Gasteiger partial charge in [0.2, 0.25) is 0 Å². The summed E-state index contributed by atoms with van der Waals surface area (Å²) in [5.74, 6) is 1.67. The van der Waals surface area contributed by atoms with E-state index in [2.05, 4.69) is 15.2 Å². The van der Waals surface area contributed by atoms with Gasteiger partial charge < -0.3 is 4.74 Å². The largest absolute Gasteiger partial charge is 0.493 e. The molecule has 3 rings (SSSR count). The lowest BCUT2D eigenvalue weighted by molar-refractivity contribution is 0.318. The van der Waals surface area contributed by atoms with Gasteiger partial charge in [0, 0.05) is 12.1 Å². The topological polar surface area (TPSA) is 52.3 Å². The Bertz CT molecular complexity index is 770. The van der Waals surface area contributed by atoms with Crippen LogP contribution in [-0.2, 0) is 6.42 Å². The molecule has 5 nitrogen and oxygen atoms in total. The summed E-state index contributed by atoms with van der Waals surface area (Å²) in [5.41, 5.74) is 2.46. The first kappa shape index (κ1) is 13.8. The molecule has 0 aliphatic carbocycles. The van der Waals surface area contributed by atoms with Gasteiger partial charge >= 0.3 is 0 Å². The lowest BCUT2D eigenvalue weighted by Gasteiger charge is -2.08. The van der Waals surface area contributed by atoms with Crippen LogP contribution in [0.1, 0.15) is 17.2 Å². The molecule has 2 aromatic heterocycles. The Balaban J connectivity index is 1.82. The minimum Gasteiger partial charge on any atom is -0.493 e. The van der Waals surface area contributed by atoms with E-state index in [0.29, 0.717) is 23.8 Å². The van der Waals surface area contributed by atoms with E-state index in [9.17, 15) is 0 Å². The van der Waals surface area contributed by atoms with Crippen molar-refractivity contribution in [2.24, 2.45) is 0 Å². The normalized spacial score (nSPS) is 11.0. The van der Waals surface area contributed by atoms with E-state index < -0.39 is 0 Å². The molecule has 6 heteroatoms. The summed E-state index contributed by atoms with van der Waals surface area (Å²) >= 11 is 6.11. The number of ether oxygens (including phenoxy) is 1. The first-order valence-electron chi connectivity index (χ1n) is 6.71. The molecule has 3 aromatic rings. The van der Waals surface area contributed by atoms with Crippen LogP contribution in [0, 0.1) is 13.8 Å². The van der Waals surface area contributed by atoms with Crippen molar-refractivity contribution in [1.82, 2.24) is 19.6 Å². The maximum atomic E-state index is 6.11. The summed E-state index contributed by atoms with van der Waals surface area (Å²) in [6, 6.07) is 9.71. The standard InChI is InChI=1S/C15H15ClN4O/c1-10-11(2)20-13(18-19-15(20)14(16)17-10)8-9-21-12-6-4-3-5-7-12/h3-7H,8-9H2,1-2H3. The Morgan fingerprint density at radius 2 is 1.90 bits per heavy atom. The number of para-hydroxylation sites is 1. The van der Waals surface area contributed by atoms with Crippen molar-refractivity contribution < 1.29 is 4.74 Å². The van der Waals surface area contributed by atoms with Crippen molar-refractivity contribution in [3.8, 4) is 5.75 Å². The number of aromatic nitrogens is 4. The number of hydrogen-bond donors (Lipinski definition) is 0. The maximum absolute atomic E-state index is 6.11. The molecule has 1 aromatic carbocycles. The van der Waals surface area contributed by atoms with Crippen LogP contribution < -0.4 is 4.74 Å². The fourth-order valence-corrected chi connectivity index (χ4v) is 2.43. The highest BCUT2D eigenvalue weighted by molar-refractivity contribution is 6.32. The van der Waals surface area contributed by atoms with Crippen molar-refractivity contribution in [2.75, 3.05) is 6.61 Å². The van der Waals surface area contributed by atoms with Gasteiger partial charge in [-0.15, -0.1) is 10.2 Å². The molecule has 0 saturated carbocycles. The molecule has 21 heavy (non-hydrogen) atoms. The molecule has 2 heterocycles. The minimum atomic E-state index is 0.376. The lowest BCUT2D eigenvalue weighted by atomic mass is 10.3. The van der Waals surface area contributed by atoms with Crippen LogP contribution in [-0.4, -0.2) is 26.2 Å². The molecule has 0 fully saturated rings. The Morgan fingerprint density at radius 3 is 2.67 bits per heavy atom. The van der Waals surface area contributed by atoms with Crippen LogP contribution in [0.15, 0.2) is 30.3 Å². The number of nitrogens with zero attached hydrogens (tertiary/aromatic N) is 4. The van der Waals surface area contributed by atoms with Gasteiger partial charge in [-0.25, -0.2) is 4.98 Å². The van der Waals surface area contributed by atoms with Crippen molar-refractivity contribution in [2.45, 2.75) is 20.3 Å². The fraction of sp³-hybridized carbons (Fsp3) is 0.267. The lowest BCUT2D eigenvalue weighted by Crippen LogP contribution is -2.08. The number of halogens is 1. The molecule has 0 atom stereocenters. The highest BCUT2D eigenvalue weighted by atomic mass is 35.5. The van der Waals surface area contributed by atoms with Gasteiger partial charge in [-0.05, 0) is 26.0 Å². The number of hydrogen-bond acceptors (Lipinski definition) is 4. The van der Waals surface area contributed by atoms with Crippen LogP contribution in [0.25, 0.3) is 5.65 Å². The van der Waals surface area contributed by atoms with Crippen molar-refractivity contribution in [1.29, 1.82) is 0 Å². The van der Waals surface area contributed by atoms with E-state index in [1.165, 1.54) is 0 Å². The molecule has 108 valence electrons. The minimum absolute atomic E-state index is 0.376. The molecule has 0 aliphatic rings. The van der Waals surface area contributed by atoms with Gasteiger partial charge in [0.1, 0.15) is 11.6 Å². The zero-order valence-electron chi connectivity index (χ0n) is 11.9. The van der Waals surface area contributed by atoms with Crippen LogP contribution in [0.5, 0.6) is 5.75 Å². The van der Waals surface area contributed by atoms with E-state index in [1.54, 1.807) is 0 Å².